The number of nitrogens with zero attached hydrogens (tertiary/aromatic N) is 6. The molecule has 0 bridgehead atoms. The normalized spacial score (nSPS) is 19.7. The Morgan fingerprint density at radius 2 is 1.85 bits per heavy atom. The molecule has 0 radical (unpaired) electrons. The fraction of sp³-hybridized carbons (Fsp3) is 0.542. The first-order chi connectivity index (χ1) is 16.0. The summed E-state index contributed by atoms with van der Waals surface area (Å²) in [5, 5.41) is 3.32. The third kappa shape index (κ3) is 4.29. The topological polar surface area (TPSA) is 77.1 Å². The number of aromatic nitrogens is 2. The summed E-state index contributed by atoms with van der Waals surface area (Å²) >= 11 is 0. The van der Waals surface area contributed by atoms with E-state index in [-0.39, 0.29) is 12.1 Å². The van der Waals surface area contributed by atoms with E-state index in [2.05, 4.69) is 39.3 Å². The minimum absolute atomic E-state index is 0.0214. The van der Waals surface area contributed by atoms with Gasteiger partial charge in [0.1, 0.15) is 11.6 Å². The summed E-state index contributed by atoms with van der Waals surface area (Å²) in [5.74, 6) is 1.95. The Morgan fingerprint density at radius 3 is 2.58 bits per heavy atom. The van der Waals surface area contributed by atoms with Crippen LogP contribution in [0.4, 0.5) is 27.9 Å². The van der Waals surface area contributed by atoms with E-state index in [4.69, 9.17) is 9.72 Å². The summed E-state index contributed by atoms with van der Waals surface area (Å²) < 4.78 is 5.69. The van der Waals surface area contributed by atoms with Gasteiger partial charge in [0.15, 0.2) is 0 Å². The molecule has 5 rings (SSSR count). The second kappa shape index (κ2) is 9.05. The van der Waals surface area contributed by atoms with Crippen molar-refractivity contribution in [1.82, 2.24) is 19.8 Å². The summed E-state index contributed by atoms with van der Waals surface area (Å²) in [4.78, 5) is 30.7. The first kappa shape index (κ1) is 21.8. The number of ether oxygens (including phenoxy) is 1. The van der Waals surface area contributed by atoms with Crippen LogP contribution in [0.3, 0.4) is 0 Å². The number of piperazine rings is 1. The van der Waals surface area contributed by atoms with Crippen molar-refractivity contribution < 1.29 is 9.53 Å². The largest absolute Gasteiger partial charge is 0.494 e. The molecule has 1 saturated carbocycles. The minimum atomic E-state index is 0.0214. The number of hydrogen-bond acceptors (Lipinski definition) is 7. The SMILES string of the molecule is COc1cc(N2CCN(C)CC2)ccc1Nc1ncc2c(n1)N(C1CCCC1)C(=O)N(C)C2. The predicted molar refractivity (Wildman–Crippen MR) is 130 cm³/mol. The van der Waals surface area contributed by atoms with Crippen LogP contribution < -0.4 is 19.9 Å². The molecule has 2 fully saturated rings. The van der Waals surface area contributed by atoms with Crippen LogP contribution in [0.2, 0.25) is 0 Å². The van der Waals surface area contributed by atoms with Crippen molar-refractivity contribution in [3.8, 4) is 5.75 Å². The maximum atomic E-state index is 13.0. The first-order valence-electron chi connectivity index (χ1n) is 11.8. The Balaban J connectivity index is 1.40. The zero-order chi connectivity index (χ0) is 22.9. The number of anilines is 4. The Hall–Kier alpha value is -3.07. The van der Waals surface area contributed by atoms with Gasteiger partial charge < -0.3 is 24.8 Å². The molecule has 3 heterocycles. The number of urea groups is 1. The molecule has 3 aliphatic rings. The molecule has 1 N–H and O–H groups in total. The molecule has 176 valence electrons. The van der Waals surface area contributed by atoms with Gasteiger partial charge in [0.2, 0.25) is 5.95 Å². The average molecular weight is 452 g/mol. The number of carbonyl (C=O) groups excluding carboxylic acids is 1. The van der Waals surface area contributed by atoms with Gasteiger partial charge in [-0.2, -0.15) is 4.98 Å². The first-order valence-corrected chi connectivity index (χ1v) is 11.8. The van der Waals surface area contributed by atoms with Crippen LogP contribution in [-0.4, -0.2) is 79.2 Å². The van der Waals surface area contributed by atoms with E-state index >= 15 is 0 Å². The fourth-order valence-corrected chi connectivity index (χ4v) is 5.03. The molecule has 1 aliphatic carbocycles. The Bertz CT molecular complexity index is 1020. The number of likely N-dealkylation sites (N-methyl/N-ethyl adjacent to an activating group) is 1. The molecule has 2 amide bonds. The van der Waals surface area contributed by atoms with Gasteiger partial charge in [-0.25, -0.2) is 9.78 Å². The van der Waals surface area contributed by atoms with E-state index in [9.17, 15) is 4.79 Å². The van der Waals surface area contributed by atoms with Crippen molar-refractivity contribution in [2.75, 3.05) is 62.5 Å². The van der Waals surface area contributed by atoms with Crippen molar-refractivity contribution in [2.24, 2.45) is 0 Å². The van der Waals surface area contributed by atoms with Crippen molar-refractivity contribution in [2.45, 2.75) is 38.3 Å². The molecule has 2 aliphatic heterocycles. The van der Waals surface area contributed by atoms with Gasteiger partial charge in [0.05, 0.1) is 19.3 Å². The van der Waals surface area contributed by atoms with Gasteiger partial charge in [0, 0.05) is 62.8 Å². The van der Waals surface area contributed by atoms with Crippen molar-refractivity contribution >= 4 is 29.2 Å². The molecule has 0 unspecified atom stereocenters. The van der Waals surface area contributed by atoms with Gasteiger partial charge in [-0.05, 0) is 32.0 Å². The lowest BCUT2D eigenvalue weighted by Gasteiger charge is -2.37. The highest BCUT2D eigenvalue weighted by Gasteiger charge is 2.36. The summed E-state index contributed by atoms with van der Waals surface area (Å²) in [6, 6.07) is 6.42. The van der Waals surface area contributed by atoms with Crippen LogP contribution in [0.5, 0.6) is 5.75 Å². The minimum Gasteiger partial charge on any atom is -0.494 e. The summed E-state index contributed by atoms with van der Waals surface area (Å²) in [6.45, 7) is 4.63. The number of carbonyl (C=O) groups is 1. The van der Waals surface area contributed by atoms with E-state index < -0.39 is 0 Å². The fourth-order valence-electron chi connectivity index (χ4n) is 5.03. The highest BCUT2D eigenvalue weighted by Crippen LogP contribution is 2.36. The Morgan fingerprint density at radius 1 is 1.09 bits per heavy atom. The molecular formula is C24H33N7O2. The Labute approximate surface area is 195 Å². The highest BCUT2D eigenvalue weighted by molar-refractivity contribution is 5.94. The zero-order valence-electron chi connectivity index (χ0n) is 19.8. The summed E-state index contributed by atoms with van der Waals surface area (Å²) in [7, 11) is 5.67. The molecule has 33 heavy (non-hydrogen) atoms. The molecule has 0 atom stereocenters. The van der Waals surface area contributed by atoms with Crippen molar-refractivity contribution in [1.29, 1.82) is 0 Å². The third-order valence-electron chi connectivity index (χ3n) is 7.00. The molecule has 2 aromatic rings. The zero-order valence-corrected chi connectivity index (χ0v) is 19.8. The van der Waals surface area contributed by atoms with Crippen LogP contribution in [0.25, 0.3) is 0 Å². The lowest BCUT2D eigenvalue weighted by Crippen LogP contribution is -2.50. The molecule has 0 spiro atoms. The monoisotopic (exact) mass is 451 g/mol. The molecular weight excluding hydrogens is 418 g/mol. The van der Waals surface area contributed by atoms with Crippen LogP contribution in [-0.2, 0) is 6.54 Å². The van der Waals surface area contributed by atoms with Crippen LogP contribution >= 0.6 is 0 Å². The van der Waals surface area contributed by atoms with Crippen LogP contribution in [0, 0.1) is 0 Å². The van der Waals surface area contributed by atoms with E-state index in [1.165, 1.54) is 0 Å². The molecule has 1 aromatic heterocycles. The van der Waals surface area contributed by atoms with Crippen molar-refractivity contribution in [3.63, 3.8) is 0 Å². The van der Waals surface area contributed by atoms with Crippen molar-refractivity contribution in [3.05, 3.63) is 30.0 Å². The second-order valence-corrected chi connectivity index (χ2v) is 9.29. The second-order valence-electron chi connectivity index (χ2n) is 9.29. The number of nitrogens with one attached hydrogen (secondary N) is 1. The molecule has 1 saturated heterocycles. The standard InChI is InChI=1S/C24H33N7O2/c1-28-10-12-30(13-11-28)19-8-9-20(21(14-19)33-3)26-23-25-15-17-16-29(2)24(32)31(22(17)27-23)18-6-4-5-7-18/h8-9,14-15,18H,4-7,10-13,16H2,1-3H3,(H,25,26,27). The van der Waals surface area contributed by atoms with E-state index in [1.807, 2.05) is 24.2 Å². The van der Waals surface area contributed by atoms with Crippen LogP contribution in [0.1, 0.15) is 31.2 Å². The van der Waals surface area contributed by atoms with Gasteiger partial charge in [-0.15, -0.1) is 0 Å². The number of benzene rings is 1. The molecule has 1 aromatic carbocycles. The summed E-state index contributed by atoms with van der Waals surface area (Å²) in [6.07, 6.45) is 6.18. The molecule has 9 heteroatoms. The number of methoxy groups -OCH3 is 1. The Kier molecular flexibility index (Phi) is 5.97. The summed E-state index contributed by atoms with van der Waals surface area (Å²) in [5.41, 5.74) is 2.94. The lowest BCUT2D eigenvalue weighted by molar-refractivity contribution is 0.207. The lowest BCUT2D eigenvalue weighted by atomic mass is 10.1. The number of amides is 2. The average Bonchev–Trinajstić information content (AvgIpc) is 3.35. The van der Waals surface area contributed by atoms with Crippen LogP contribution in [0.15, 0.2) is 24.4 Å². The van der Waals surface area contributed by atoms with Gasteiger partial charge in [0.25, 0.3) is 0 Å². The van der Waals surface area contributed by atoms with E-state index in [0.717, 1.165) is 80.4 Å². The van der Waals surface area contributed by atoms with E-state index in [1.54, 1.807) is 12.0 Å². The maximum absolute atomic E-state index is 13.0. The smallest absolute Gasteiger partial charge is 0.325 e. The van der Waals surface area contributed by atoms with Gasteiger partial charge in [-0.3, -0.25) is 4.90 Å². The predicted octanol–water partition coefficient (Wildman–Crippen LogP) is 3.30. The number of hydrogen-bond donors (Lipinski definition) is 1. The number of fused-ring (bicyclic) bond motifs is 1. The molecule has 9 nitrogen and oxygen atoms in total. The van der Waals surface area contributed by atoms with Gasteiger partial charge in [-0.1, -0.05) is 12.8 Å². The quantitative estimate of drug-likeness (QED) is 0.747. The van der Waals surface area contributed by atoms with Gasteiger partial charge >= 0.3 is 6.03 Å². The van der Waals surface area contributed by atoms with E-state index in [0.29, 0.717) is 12.5 Å². The number of rotatable bonds is 5. The maximum Gasteiger partial charge on any atom is 0.325 e. The highest BCUT2D eigenvalue weighted by atomic mass is 16.5. The third-order valence-corrected chi connectivity index (χ3v) is 7.00.